The molecule has 1 aromatic heterocycles. The van der Waals surface area contributed by atoms with Crippen LogP contribution in [-0.4, -0.2) is 10.9 Å². The Kier molecular flexibility index (Phi) is 4.85. The molecular weight excluding hydrogens is 311 g/mol. The summed E-state index contributed by atoms with van der Waals surface area (Å²) in [5.74, 6) is -0.414. The van der Waals surface area contributed by atoms with Crippen molar-refractivity contribution in [3.63, 3.8) is 0 Å². The van der Waals surface area contributed by atoms with Gasteiger partial charge < -0.3 is 16.2 Å². The van der Waals surface area contributed by atoms with Gasteiger partial charge in [-0.1, -0.05) is 12.1 Å². The highest BCUT2D eigenvalue weighted by molar-refractivity contribution is 5.74. The summed E-state index contributed by atoms with van der Waals surface area (Å²) in [6, 6.07) is 6.90. The van der Waals surface area contributed by atoms with E-state index in [1.165, 1.54) is 24.4 Å². The van der Waals surface area contributed by atoms with E-state index in [9.17, 15) is 18.0 Å². The molecule has 4 N–H and O–H groups in total. The first-order valence-electron chi connectivity index (χ1n) is 6.60. The Balaban J connectivity index is 2.11. The fourth-order valence-corrected chi connectivity index (χ4v) is 1.86. The second kappa shape index (κ2) is 6.66. The Morgan fingerprint density at radius 2 is 2.00 bits per heavy atom. The standard InChI is InChI=1S/C15H14F3N3O2/c16-15(17,18)10-2-1-3-11(6-10)23-14-5-4-9(8-21-14)12(19)7-13(20)22/h1-6,8,12H,7,19H2,(H2,20,22). The number of carbonyl (C=O) groups is 1. The number of hydrogen-bond acceptors (Lipinski definition) is 4. The van der Waals surface area contributed by atoms with E-state index in [0.29, 0.717) is 5.56 Å². The fourth-order valence-electron chi connectivity index (χ4n) is 1.86. The van der Waals surface area contributed by atoms with Crippen molar-refractivity contribution in [2.45, 2.75) is 18.6 Å². The van der Waals surface area contributed by atoms with E-state index < -0.39 is 23.7 Å². The van der Waals surface area contributed by atoms with Crippen LogP contribution in [0.3, 0.4) is 0 Å². The molecule has 0 saturated carbocycles. The van der Waals surface area contributed by atoms with Gasteiger partial charge in [-0.05, 0) is 23.8 Å². The number of nitrogens with zero attached hydrogens (tertiary/aromatic N) is 1. The minimum atomic E-state index is -4.45. The van der Waals surface area contributed by atoms with E-state index in [1.54, 1.807) is 6.07 Å². The van der Waals surface area contributed by atoms with Crippen LogP contribution in [0.5, 0.6) is 11.6 Å². The number of halogens is 3. The summed E-state index contributed by atoms with van der Waals surface area (Å²) in [5, 5.41) is 0. The fraction of sp³-hybridized carbons (Fsp3) is 0.200. The van der Waals surface area contributed by atoms with Crippen LogP contribution >= 0.6 is 0 Å². The first-order valence-corrected chi connectivity index (χ1v) is 6.60. The van der Waals surface area contributed by atoms with Crippen LogP contribution in [0.4, 0.5) is 13.2 Å². The molecule has 1 atom stereocenters. The molecule has 1 aromatic carbocycles. The molecule has 0 aliphatic rings. The third kappa shape index (κ3) is 4.68. The molecule has 0 aliphatic heterocycles. The number of amides is 1. The van der Waals surface area contributed by atoms with Crippen molar-refractivity contribution in [2.75, 3.05) is 0 Å². The summed E-state index contributed by atoms with van der Waals surface area (Å²) in [7, 11) is 0. The van der Waals surface area contributed by atoms with Crippen LogP contribution in [-0.2, 0) is 11.0 Å². The largest absolute Gasteiger partial charge is 0.439 e. The Morgan fingerprint density at radius 3 is 2.57 bits per heavy atom. The van der Waals surface area contributed by atoms with Crippen LogP contribution in [0, 0.1) is 0 Å². The number of pyridine rings is 1. The second-order valence-corrected chi connectivity index (χ2v) is 4.83. The molecule has 1 amide bonds. The Hall–Kier alpha value is -2.61. The number of benzene rings is 1. The van der Waals surface area contributed by atoms with Crippen LogP contribution in [0.15, 0.2) is 42.6 Å². The summed E-state index contributed by atoms with van der Waals surface area (Å²) in [6.45, 7) is 0. The smallest absolute Gasteiger partial charge is 0.416 e. The third-order valence-corrected chi connectivity index (χ3v) is 2.99. The maximum Gasteiger partial charge on any atom is 0.416 e. The third-order valence-electron chi connectivity index (χ3n) is 2.99. The zero-order valence-corrected chi connectivity index (χ0v) is 11.9. The van der Waals surface area contributed by atoms with Crippen LogP contribution in [0.25, 0.3) is 0 Å². The Morgan fingerprint density at radius 1 is 1.26 bits per heavy atom. The van der Waals surface area contributed by atoms with Crippen molar-refractivity contribution < 1.29 is 22.7 Å². The van der Waals surface area contributed by atoms with Crippen molar-refractivity contribution in [1.82, 2.24) is 4.98 Å². The molecule has 23 heavy (non-hydrogen) atoms. The summed E-state index contributed by atoms with van der Waals surface area (Å²) < 4.78 is 43.2. The molecule has 2 aromatic rings. The molecule has 5 nitrogen and oxygen atoms in total. The normalized spacial score (nSPS) is 12.7. The van der Waals surface area contributed by atoms with Crippen molar-refractivity contribution >= 4 is 5.91 Å². The molecule has 0 fully saturated rings. The van der Waals surface area contributed by atoms with Gasteiger partial charge in [-0.2, -0.15) is 13.2 Å². The molecule has 0 aliphatic carbocycles. The van der Waals surface area contributed by atoms with E-state index in [0.717, 1.165) is 12.1 Å². The summed E-state index contributed by atoms with van der Waals surface area (Å²) in [6.07, 6.45) is -3.09. The van der Waals surface area contributed by atoms with Crippen LogP contribution in [0.2, 0.25) is 0 Å². The van der Waals surface area contributed by atoms with Crippen LogP contribution in [0.1, 0.15) is 23.6 Å². The number of rotatable bonds is 5. The SMILES string of the molecule is NC(=O)CC(N)c1ccc(Oc2cccc(C(F)(F)F)c2)nc1. The summed E-state index contributed by atoms with van der Waals surface area (Å²) in [5.41, 5.74) is 10.6. The van der Waals surface area contributed by atoms with E-state index in [2.05, 4.69) is 4.98 Å². The predicted molar refractivity (Wildman–Crippen MR) is 76.5 cm³/mol. The summed E-state index contributed by atoms with van der Waals surface area (Å²) in [4.78, 5) is 14.8. The lowest BCUT2D eigenvalue weighted by Crippen LogP contribution is -2.20. The van der Waals surface area contributed by atoms with Crippen molar-refractivity contribution in [3.05, 3.63) is 53.7 Å². The highest BCUT2D eigenvalue weighted by Gasteiger charge is 2.30. The van der Waals surface area contributed by atoms with Gasteiger partial charge in [0.05, 0.1) is 5.56 Å². The Bertz CT molecular complexity index is 687. The first-order chi connectivity index (χ1) is 10.8. The maximum atomic E-state index is 12.6. The van der Waals surface area contributed by atoms with Gasteiger partial charge >= 0.3 is 6.18 Å². The second-order valence-electron chi connectivity index (χ2n) is 4.83. The van der Waals surface area contributed by atoms with Crippen molar-refractivity contribution in [1.29, 1.82) is 0 Å². The number of nitrogens with two attached hydrogens (primary N) is 2. The molecule has 1 heterocycles. The number of aromatic nitrogens is 1. The van der Waals surface area contributed by atoms with Gasteiger partial charge in [-0.25, -0.2) is 4.98 Å². The van der Waals surface area contributed by atoms with Gasteiger partial charge in [0, 0.05) is 24.7 Å². The lowest BCUT2D eigenvalue weighted by atomic mass is 10.1. The van der Waals surface area contributed by atoms with Crippen molar-refractivity contribution in [2.24, 2.45) is 11.5 Å². The molecular formula is C15H14F3N3O2. The quantitative estimate of drug-likeness (QED) is 0.884. The maximum absolute atomic E-state index is 12.6. The lowest BCUT2D eigenvalue weighted by Gasteiger charge is -2.11. The van der Waals surface area contributed by atoms with E-state index >= 15 is 0 Å². The molecule has 8 heteroatoms. The van der Waals surface area contributed by atoms with Gasteiger partial charge in [0.1, 0.15) is 5.75 Å². The topological polar surface area (TPSA) is 91.2 Å². The van der Waals surface area contributed by atoms with E-state index in [-0.39, 0.29) is 18.1 Å². The predicted octanol–water partition coefficient (Wildman–Crippen LogP) is 2.77. The zero-order valence-electron chi connectivity index (χ0n) is 11.9. The van der Waals surface area contributed by atoms with E-state index in [1.807, 2.05) is 0 Å². The average Bonchev–Trinajstić information content (AvgIpc) is 2.46. The first kappa shape index (κ1) is 16.8. The molecule has 0 bridgehead atoms. The van der Waals surface area contributed by atoms with Crippen molar-refractivity contribution in [3.8, 4) is 11.6 Å². The van der Waals surface area contributed by atoms with Gasteiger partial charge in [0.25, 0.3) is 0 Å². The molecule has 0 radical (unpaired) electrons. The van der Waals surface area contributed by atoms with Gasteiger partial charge in [-0.3, -0.25) is 4.79 Å². The monoisotopic (exact) mass is 325 g/mol. The van der Waals surface area contributed by atoms with Gasteiger partial charge in [0.15, 0.2) is 0 Å². The molecule has 2 rings (SSSR count). The number of hydrogen-bond donors (Lipinski definition) is 2. The Labute approximate surface area is 130 Å². The molecule has 122 valence electrons. The molecule has 0 spiro atoms. The highest BCUT2D eigenvalue weighted by atomic mass is 19.4. The summed E-state index contributed by atoms with van der Waals surface area (Å²) >= 11 is 0. The number of alkyl halides is 3. The number of carbonyl (C=O) groups excluding carboxylic acids is 1. The lowest BCUT2D eigenvalue weighted by molar-refractivity contribution is -0.137. The number of primary amides is 1. The van der Waals surface area contributed by atoms with Gasteiger partial charge in [-0.15, -0.1) is 0 Å². The minimum Gasteiger partial charge on any atom is -0.439 e. The van der Waals surface area contributed by atoms with Crippen LogP contribution < -0.4 is 16.2 Å². The van der Waals surface area contributed by atoms with E-state index in [4.69, 9.17) is 16.2 Å². The van der Waals surface area contributed by atoms with Gasteiger partial charge in [0.2, 0.25) is 11.8 Å². The number of ether oxygens (including phenoxy) is 1. The molecule has 1 unspecified atom stereocenters. The average molecular weight is 325 g/mol. The zero-order chi connectivity index (χ0) is 17.0. The molecule has 0 saturated heterocycles. The highest BCUT2D eigenvalue weighted by Crippen LogP contribution is 2.32. The minimum absolute atomic E-state index is 0.0153.